The van der Waals surface area contributed by atoms with Crippen LogP contribution in [0.5, 0.6) is 5.75 Å². The molecule has 0 amide bonds. The molecule has 1 atom stereocenters. The fourth-order valence-corrected chi connectivity index (χ4v) is 3.24. The van der Waals surface area contributed by atoms with E-state index in [4.69, 9.17) is 40.9 Å². The number of aromatic nitrogens is 2. The van der Waals surface area contributed by atoms with Crippen LogP contribution < -0.4 is 4.74 Å². The van der Waals surface area contributed by atoms with Crippen molar-refractivity contribution in [1.82, 2.24) is 14.7 Å². The van der Waals surface area contributed by atoms with Gasteiger partial charge in [-0.05, 0) is 31.2 Å². The molecule has 0 spiro atoms. The van der Waals surface area contributed by atoms with Crippen LogP contribution in [0.15, 0.2) is 30.5 Å². The smallest absolute Gasteiger partial charge is 0.490 e. The Hall–Kier alpha value is -3.04. The molecular weight excluding hydrogens is 552 g/mol. The predicted octanol–water partition coefficient (Wildman–Crippen LogP) is 4.35. The first-order valence-electron chi connectivity index (χ1n) is 10.9. The fraction of sp³-hybridized carbons (Fsp3) is 0.500. The van der Waals surface area contributed by atoms with Gasteiger partial charge in [0.05, 0.1) is 12.3 Å². The highest BCUT2D eigenvalue weighted by Crippen LogP contribution is 2.27. The van der Waals surface area contributed by atoms with Crippen LogP contribution in [0.25, 0.3) is 0 Å². The summed E-state index contributed by atoms with van der Waals surface area (Å²) in [4.78, 5) is 20.2. The van der Waals surface area contributed by atoms with E-state index >= 15 is 0 Å². The maximum absolute atomic E-state index is 10.6. The van der Waals surface area contributed by atoms with Crippen LogP contribution in [-0.4, -0.2) is 82.1 Å². The molecule has 1 aromatic heterocycles. The minimum absolute atomic E-state index is 0.324. The Labute approximate surface area is 218 Å². The summed E-state index contributed by atoms with van der Waals surface area (Å²) in [5.41, 5.74) is 2.47. The van der Waals surface area contributed by atoms with Gasteiger partial charge in [0.15, 0.2) is 0 Å². The number of carboxylic acids is 2. The molecule has 0 aliphatic carbocycles. The van der Waals surface area contributed by atoms with Crippen molar-refractivity contribution < 1.29 is 55.6 Å². The van der Waals surface area contributed by atoms with Crippen LogP contribution in [-0.2, 0) is 27.9 Å². The standard InChI is InChI=1S/C18H24ClN3O2.2C2HF3O2/c1-3-23-13-15-12-22(11-14-10-21(2)20-18(14)15)8-9-24-17-6-4-16(19)5-7-17;2*3-2(4,5)1(6)7/h4-7,10,15H,3,8-9,11-13H2,1-2H3;2*(H,6,7). The van der Waals surface area contributed by atoms with Gasteiger partial charge in [-0.25, -0.2) is 9.59 Å². The minimum atomic E-state index is -5.08. The molecular formula is C22H26ClF6N3O6. The lowest BCUT2D eigenvalue weighted by molar-refractivity contribution is -0.193. The second kappa shape index (κ2) is 14.8. The molecule has 0 fully saturated rings. The summed E-state index contributed by atoms with van der Waals surface area (Å²) in [6, 6.07) is 7.49. The van der Waals surface area contributed by atoms with Crippen LogP contribution >= 0.6 is 11.6 Å². The van der Waals surface area contributed by atoms with E-state index in [1.165, 1.54) is 11.3 Å². The summed E-state index contributed by atoms with van der Waals surface area (Å²) < 4.78 is 76.8. The number of carbonyl (C=O) groups is 2. The number of carboxylic acid groups (broad SMARTS) is 2. The number of aliphatic carboxylic acids is 2. The van der Waals surface area contributed by atoms with Crippen LogP contribution in [0.4, 0.5) is 26.3 Å². The van der Waals surface area contributed by atoms with Gasteiger partial charge in [0.2, 0.25) is 0 Å². The molecule has 0 bridgehead atoms. The number of halogens is 7. The van der Waals surface area contributed by atoms with E-state index in [1.54, 1.807) is 0 Å². The predicted molar refractivity (Wildman–Crippen MR) is 122 cm³/mol. The van der Waals surface area contributed by atoms with Crippen molar-refractivity contribution in [3.63, 3.8) is 0 Å². The molecule has 0 saturated heterocycles. The van der Waals surface area contributed by atoms with Crippen LogP contribution in [0.1, 0.15) is 24.1 Å². The Balaban J connectivity index is 0.000000426. The van der Waals surface area contributed by atoms with E-state index in [2.05, 4.69) is 16.2 Å². The Morgan fingerprint density at radius 1 is 1.08 bits per heavy atom. The van der Waals surface area contributed by atoms with E-state index in [1.807, 2.05) is 42.9 Å². The van der Waals surface area contributed by atoms with Crippen molar-refractivity contribution in [2.45, 2.75) is 31.7 Å². The zero-order valence-electron chi connectivity index (χ0n) is 20.2. The Bertz CT molecular complexity index is 1010. The molecule has 214 valence electrons. The lowest BCUT2D eigenvalue weighted by Crippen LogP contribution is -2.37. The molecule has 0 radical (unpaired) electrons. The normalized spacial score (nSPS) is 15.3. The highest BCUT2D eigenvalue weighted by atomic mass is 35.5. The maximum Gasteiger partial charge on any atom is 0.490 e. The van der Waals surface area contributed by atoms with E-state index in [0.29, 0.717) is 12.5 Å². The van der Waals surface area contributed by atoms with Crippen LogP contribution in [0.2, 0.25) is 5.02 Å². The lowest BCUT2D eigenvalue weighted by Gasteiger charge is -2.31. The summed E-state index contributed by atoms with van der Waals surface area (Å²) in [6.07, 6.45) is -8.06. The van der Waals surface area contributed by atoms with E-state index in [-0.39, 0.29) is 0 Å². The molecule has 0 saturated carbocycles. The summed E-state index contributed by atoms with van der Waals surface area (Å²) in [5, 5.41) is 19.6. The number of benzene rings is 1. The number of aryl methyl sites for hydroxylation is 1. The molecule has 16 heteroatoms. The van der Waals surface area contributed by atoms with Gasteiger partial charge < -0.3 is 19.7 Å². The number of fused-ring (bicyclic) bond motifs is 1. The monoisotopic (exact) mass is 577 g/mol. The van der Waals surface area contributed by atoms with Crippen molar-refractivity contribution in [3.05, 3.63) is 46.7 Å². The van der Waals surface area contributed by atoms with Gasteiger partial charge in [-0.15, -0.1) is 0 Å². The third-order valence-corrected chi connectivity index (χ3v) is 4.95. The largest absolute Gasteiger partial charge is 0.492 e. The molecule has 2 aromatic rings. The average Bonchev–Trinajstić information content (AvgIpc) is 3.18. The Morgan fingerprint density at radius 3 is 2.08 bits per heavy atom. The van der Waals surface area contributed by atoms with Crippen molar-refractivity contribution in [1.29, 1.82) is 0 Å². The van der Waals surface area contributed by atoms with Crippen molar-refractivity contribution in [3.8, 4) is 5.75 Å². The number of nitrogens with zero attached hydrogens (tertiary/aromatic N) is 3. The summed E-state index contributed by atoms with van der Waals surface area (Å²) >= 11 is 5.89. The summed E-state index contributed by atoms with van der Waals surface area (Å²) in [6.45, 7) is 6.87. The maximum atomic E-state index is 10.6. The van der Waals surface area contributed by atoms with E-state index in [0.717, 1.165) is 43.6 Å². The number of hydrogen-bond donors (Lipinski definition) is 2. The molecule has 1 unspecified atom stereocenters. The van der Waals surface area contributed by atoms with E-state index in [9.17, 15) is 26.3 Å². The van der Waals surface area contributed by atoms with Gasteiger partial charge in [0.1, 0.15) is 12.4 Å². The zero-order chi connectivity index (χ0) is 29.1. The molecule has 1 aromatic carbocycles. The SMILES string of the molecule is CCOCC1CN(CCOc2ccc(Cl)cc2)Cc2cn(C)nc21.O=C(O)C(F)(F)F.O=C(O)C(F)(F)F. The second-order valence-electron chi connectivity index (χ2n) is 7.71. The minimum Gasteiger partial charge on any atom is -0.492 e. The average molecular weight is 578 g/mol. The van der Waals surface area contributed by atoms with Gasteiger partial charge in [-0.2, -0.15) is 31.4 Å². The molecule has 9 nitrogen and oxygen atoms in total. The van der Waals surface area contributed by atoms with Crippen molar-refractivity contribution in [2.75, 3.05) is 32.9 Å². The topological polar surface area (TPSA) is 114 Å². The van der Waals surface area contributed by atoms with Gasteiger partial charge >= 0.3 is 24.3 Å². The first kappa shape index (κ1) is 33.0. The lowest BCUT2D eigenvalue weighted by atomic mass is 9.97. The number of hydrogen-bond acceptors (Lipinski definition) is 6. The highest BCUT2D eigenvalue weighted by molar-refractivity contribution is 6.30. The molecule has 2 heterocycles. The Kier molecular flexibility index (Phi) is 12.8. The first-order chi connectivity index (χ1) is 17.5. The van der Waals surface area contributed by atoms with Gasteiger partial charge in [0, 0.05) is 56.0 Å². The van der Waals surface area contributed by atoms with Crippen molar-refractivity contribution >= 4 is 23.5 Å². The molecule has 1 aliphatic heterocycles. The quantitative estimate of drug-likeness (QED) is 0.467. The third kappa shape index (κ3) is 12.0. The van der Waals surface area contributed by atoms with Crippen molar-refractivity contribution in [2.24, 2.45) is 7.05 Å². The molecule has 38 heavy (non-hydrogen) atoms. The number of alkyl halides is 6. The second-order valence-corrected chi connectivity index (χ2v) is 8.15. The summed E-state index contributed by atoms with van der Waals surface area (Å²) in [5.74, 6) is -4.34. The number of rotatable bonds is 7. The molecule has 2 N–H and O–H groups in total. The van der Waals surface area contributed by atoms with E-state index < -0.39 is 24.3 Å². The fourth-order valence-electron chi connectivity index (χ4n) is 3.11. The summed E-state index contributed by atoms with van der Waals surface area (Å²) in [7, 11) is 1.98. The highest BCUT2D eigenvalue weighted by Gasteiger charge is 2.38. The van der Waals surface area contributed by atoms with Crippen LogP contribution in [0.3, 0.4) is 0 Å². The Morgan fingerprint density at radius 2 is 1.61 bits per heavy atom. The third-order valence-electron chi connectivity index (χ3n) is 4.69. The van der Waals surface area contributed by atoms with Gasteiger partial charge in [0.25, 0.3) is 0 Å². The van der Waals surface area contributed by atoms with Gasteiger partial charge in [-0.1, -0.05) is 11.6 Å². The molecule has 1 aliphatic rings. The van der Waals surface area contributed by atoms with Crippen LogP contribution in [0, 0.1) is 0 Å². The van der Waals surface area contributed by atoms with Gasteiger partial charge in [-0.3, -0.25) is 9.58 Å². The number of ether oxygens (including phenoxy) is 2. The zero-order valence-corrected chi connectivity index (χ0v) is 21.0. The molecule has 3 rings (SSSR count). The first-order valence-corrected chi connectivity index (χ1v) is 11.2.